The molecular formula is C23H19N3O5S. The van der Waals surface area contributed by atoms with Crippen LogP contribution in [-0.2, 0) is 26.0 Å². The molecule has 0 saturated carbocycles. The maximum absolute atomic E-state index is 13.1. The lowest BCUT2D eigenvalue weighted by atomic mass is 10.1. The van der Waals surface area contributed by atoms with Gasteiger partial charge in [0.05, 0.1) is 35.9 Å². The molecule has 0 radical (unpaired) electrons. The van der Waals surface area contributed by atoms with Crippen molar-refractivity contribution in [3.63, 3.8) is 0 Å². The fraction of sp³-hybridized carbons (Fsp3) is 0.0870. The highest BCUT2D eigenvalue weighted by molar-refractivity contribution is 7.90. The summed E-state index contributed by atoms with van der Waals surface area (Å²) in [5.41, 5.74) is 1.02. The lowest BCUT2D eigenvalue weighted by Gasteiger charge is -2.12. The van der Waals surface area contributed by atoms with Gasteiger partial charge in [-0.3, -0.25) is 4.79 Å². The van der Waals surface area contributed by atoms with E-state index in [4.69, 9.17) is 4.74 Å². The van der Waals surface area contributed by atoms with Crippen LogP contribution < -0.4 is 5.32 Å². The summed E-state index contributed by atoms with van der Waals surface area (Å²) in [4.78, 5) is 29.4. The molecule has 1 N–H and O–H groups in total. The number of carbonyl (C=O) groups excluding carboxylic acids is 2. The van der Waals surface area contributed by atoms with Gasteiger partial charge in [-0.15, -0.1) is 0 Å². The van der Waals surface area contributed by atoms with Crippen LogP contribution >= 0.6 is 0 Å². The number of methoxy groups -OCH3 is 1. The third-order valence-electron chi connectivity index (χ3n) is 4.85. The van der Waals surface area contributed by atoms with E-state index >= 15 is 0 Å². The van der Waals surface area contributed by atoms with Gasteiger partial charge < -0.3 is 10.1 Å². The summed E-state index contributed by atoms with van der Waals surface area (Å²) in [5.74, 6) is -1.07. The van der Waals surface area contributed by atoms with E-state index < -0.39 is 16.0 Å². The van der Waals surface area contributed by atoms with Crippen molar-refractivity contribution in [2.75, 3.05) is 12.4 Å². The highest BCUT2D eigenvalue weighted by Crippen LogP contribution is 2.28. The minimum Gasteiger partial charge on any atom is -0.465 e. The number of hydrogen-bond donors (Lipinski definition) is 1. The highest BCUT2D eigenvalue weighted by atomic mass is 32.2. The Balaban J connectivity index is 1.76. The largest absolute Gasteiger partial charge is 0.465 e. The first-order valence-electron chi connectivity index (χ1n) is 9.64. The van der Waals surface area contributed by atoms with Gasteiger partial charge in [-0.25, -0.2) is 22.2 Å². The van der Waals surface area contributed by atoms with Gasteiger partial charge in [-0.1, -0.05) is 48.5 Å². The van der Waals surface area contributed by atoms with Crippen LogP contribution in [0.1, 0.15) is 15.9 Å². The van der Waals surface area contributed by atoms with Gasteiger partial charge in [0.25, 0.3) is 10.0 Å². The summed E-state index contributed by atoms with van der Waals surface area (Å²) >= 11 is 0. The number of nitrogens with zero attached hydrogens (tertiary/aromatic N) is 2. The van der Waals surface area contributed by atoms with Gasteiger partial charge >= 0.3 is 5.97 Å². The fourth-order valence-electron chi connectivity index (χ4n) is 3.36. The van der Waals surface area contributed by atoms with Crippen LogP contribution in [-0.4, -0.2) is 36.4 Å². The molecule has 0 aliphatic heterocycles. The predicted octanol–water partition coefficient (Wildman–Crippen LogP) is 3.24. The minimum atomic E-state index is -3.93. The Kier molecular flexibility index (Phi) is 5.74. The van der Waals surface area contributed by atoms with Crippen molar-refractivity contribution in [2.45, 2.75) is 11.3 Å². The van der Waals surface area contributed by atoms with Gasteiger partial charge in [0.2, 0.25) is 5.91 Å². The second-order valence-electron chi connectivity index (χ2n) is 6.92. The van der Waals surface area contributed by atoms with Crippen molar-refractivity contribution in [1.29, 1.82) is 0 Å². The Morgan fingerprint density at radius 1 is 1.00 bits per heavy atom. The molecule has 9 heteroatoms. The molecule has 0 fully saturated rings. The normalized spacial score (nSPS) is 11.3. The number of pyridine rings is 1. The summed E-state index contributed by atoms with van der Waals surface area (Å²) in [6.07, 6.45) is 2.68. The Labute approximate surface area is 184 Å². The van der Waals surface area contributed by atoms with E-state index in [-0.39, 0.29) is 39.5 Å². The first-order chi connectivity index (χ1) is 15.4. The van der Waals surface area contributed by atoms with Crippen molar-refractivity contribution in [2.24, 2.45) is 0 Å². The van der Waals surface area contributed by atoms with E-state index in [0.717, 1.165) is 9.54 Å². The molecule has 0 aliphatic rings. The average molecular weight is 449 g/mol. The molecule has 0 aliphatic carbocycles. The molecule has 162 valence electrons. The topological polar surface area (TPSA) is 107 Å². The maximum Gasteiger partial charge on any atom is 0.340 e. The number of carbonyl (C=O) groups is 2. The molecule has 8 nitrogen and oxygen atoms in total. The van der Waals surface area contributed by atoms with Gasteiger partial charge in [-0.05, 0) is 23.8 Å². The monoisotopic (exact) mass is 449 g/mol. The lowest BCUT2D eigenvalue weighted by molar-refractivity contribution is -0.115. The second-order valence-corrected chi connectivity index (χ2v) is 8.73. The molecule has 32 heavy (non-hydrogen) atoms. The molecule has 0 saturated heterocycles. The van der Waals surface area contributed by atoms with Crippen molar-refractivity contribution in [3.8, 4) is 0 Å². The molecule has 0 bridgehead atoms. The van der Waals surface area contributed by atoms with Crippen LogP contribution in [0.5, 0.6) is 0 Å². The standard InChI is InChI=1S/C23H19N3O5S/c1-31-23(28)21-18-12-13-26(32(29,30)17-10-6-3-7-11-17)22(18)24-15-19(21)25-20(27)14-16-8-4-2-5-9-16/h2-13,15H,14H2,1H3,(H,25,27). The van der Waals surface area contributed by atoms with Crippen LogP contribution in [0.3, 0.4) is 0 Å². The molecular weight excluding hydrogens is 430 g/mol. The quantitative estimate of drug-likeness (QED) is 0.453. The molecule has 4 aromatic rings. The van der Waals surface area contributed by atoms with E-state index in [2.05, 4.69) is 10.3 Å². The smallest absolute Gasteiger partial charge is 0.340 e. The number of nitrogens with one attached hydrogen (secondary N) is 1. The number of anilines is 1. The number of esters is 1. The van der Waals surface area contributed by atoms with Gasteiger partial charge in [-0.2, -0.15) is 0 Å². The van der Waals surface area contributed by atoms with E-state index in [0.29, 0.717) is 0 Å². The first-order valence-corrected chi connectivity index (χ1v) is 11.1. The molecule has 4 rings (SSSR count). The van der Waals surface area contributed by atoms with E-state index in [9.17, 15) is 18.0 Å². The van der Waals surface area contributed by atoms with E-state index in [1.54, 1.807) is 18.2 Å². The van der Waals surface area contributed by atoms with Gasteiger partial charge in [0.1, 0.15) is 0 Å². The molecule has 1 amide bonds. The van der Waals surface area contributed by atoms with Crippen LogP contribution in [0.25, 0.3) is 11.0 Å². The van der Waals surface area contributed by atoms with Gasteiger partial charge in [0.15, 0.2) is 5.65 Å². The minimum absolute atomic E-state index is 0.0286. The maximum atomic E-state index is 13.1. The number of ether oxygens (including phenoxy) is 1. The molecule has 2 aromatic carbocycles. The van der Waals surface area contributed by atoms with E-state index in [1.807, 2.05) is 30.3 Å². The first kappa shape index (κ1) is 21.3. The third kappa shape index (κ3) is 3.97. The zero-order chi connectivity index (χ0) is 22.7. The Hall–Kier alpha value is -3.98. The van der Waals surface area contributed by atoms with Crippen molar-refractivity contribution < 1.29 is 22.7 Å². The molecule has 2 aromatic heterocycles. The summed E-state index contributed by atoms with van der Waals surface area (Å²) in [5, 5.41) is 2.93. The van der Waals surface area contributed by atoms with Crippen LogP contribution in [0.4, 0.5) is 5.69 Å². The summed E-state index contributed by atoms with van der Waals surface area (Å²) < 4.78 is 32.0. The summed E-state index contributed by atoms with van der Waals surface area (Å²) in [6, 6.07) is 18.5. The van der Waals surface area contributed by atoms with Gasteiger partial charge in [0, 0.05) is 11.6 Å². The Bertz CT molecular complexity index is 1400. The molecule has 2 heterocycles. The zero-order valence-electron chi connectivity index (χ0n) is 17.1. The number of aromatic nitrogens is 2. The predicted molar refractivity (Wildman–Crippen MR) is 119 cm³/mol. The molecule has 0 atom stereocenters. The number of fused-ring (bicyclic) bond motifs is 1. The number of benzene rings is 2. The average Bonchev–Trinajstić information content (AvgIpc) is 3.24. The lowest BCUT2D eigenvalue weighted by Crippen LogP contribution is -2.18. The fourth-order valence-corrected chi connectivity index (χ4v) is 4.68. The molecule has 0 spiro atoms. The van der Waals surface area contributed by atoms with E-state index in [1.165, 1.54) is 37.7 Å². The highest BCUT2D eigenvalue weighted by Gasteiger charge is 2.25. The second kappa shape index (κ2) is 8.64. The Morgan fingerprint density at radius 3 is 2.31 bits per heavy atom. The van der Waals surface area contributed by atoms with Crippen LogP contribution in [0, 0.1) is 0 Å². The van der Waals surface area contributed by atoms with Crippen molar-refractivity contribution in [1.82, 2.24) is 8.96 Å². The van der Waals surface area contributed by atoms with Crippen LogP contribution in [0.2, 0.25) is 0 Å². The number of amides is 1. The number of hydrogen-bond acceptors (Lipinski definition) is 6. The van der Waals surface area contributed by atoms with Crippen LogP contribution in [0.15, 0.2) is 84.0 Å². The zero-order valence-corrected chi connectivity index (χ0v) is 17.9. The summed E-state index contributed by atoms with van der Waals surface area (Å²) in [7, 11) is -2.72. The number of rotatable bonds is 6. The molecule has 0 unspecified atom stereocenters. The van der Waals surface area contributed by atoms with Crippen molar-refractivity contribution >= 4 is 38.6 Å². The Morgan fingerprint density at radius 2 is 1.66 bits per heavy atom. The van der Waals surface area contributed by atoms with Crippen molar-refractivity contribution in [3.05, 3.63) is 90.3 Å². The SMILES string of the molecule is COC(=O)c1c(NC(=O)Cc2ccccc2)cnc2c1ccn2S(=O)(=O)c1ccccc1. The third-order valence-corrected chi connectivity index (χ3v) is 6.53. The summed E-state index contributed by atoms with van der Waals surface area (Å²) in [6.45, 7) is 0.